The topological polar surface area (TPSA) is 61.4 Å². The largest absolute Gasteiger partial charge is 0.355 e. The average Bonchev–Trinajstić information content (AvgIpc) is 3.08. The van der Waals surface area contributed by atoms with Crippen LogP contribution in [0.2, 0.25) is 0 Å². The van der Waals surface area contributed by atoms with Gasteiger partial charge in [0.2, 0.25) is 5.91 Å². The number of nitrogens with one attached hydrogen (secondary N) is 2. The molecule has 34 heavy (non-hydrogen) atoms. The minimum absolute atomic E-state index is 0.00121. The number of hydrogen-bond acceptors (Lipinski definition) is 3. The molecule has 0 aliphatic carbocycles. The first kappa shape index (κ1) is 23.9. The summed E-state index contributed by atoms with van der Waals surface area (Å²) in [6.45, 7) is 1.33. The number of anilines is 2. The maximum atomic E-state index is 13.0. The highest BCUT2D eigenvalue weighted by Crippen LogP contribution is 2.26. The van der Waals surface area contributed by atoms with Gasteiger partial charge >= 0.3 is 6.03 Å². The van der Waals surface area contributed by atoms with Crippen LogP contribution in [-0.2, 0) is 24.1 Å². The van der Waals surface area contributed by atoms with E-state index in [9.17, 15) is 9.59 Å². The lowest BCUT2D eigenvalue weighted by atomic mass is 10.1. The highest BCUT2D eigenvalue weighted by Gasteiger charge is 2.20. The number of carbonyl (C=O) groups excluding carboxylic acids is 2. The van der Waals surface area contributed by atoms with Gasteiger partial charge < -0.3 is 10.6 Å². The molecule has 6 heteroatoms. The molecule has 0 atom stereocenters. The van der Waals surface area contributed by atoms with E-state index in [-0.39, 0.29) is 11.9 Å². The molecule has 0 fully saturated rings. The Kier molecular flexibility index (Phi) is 8.26. The summed E-state index contributed by atoms with van der Waals surface area (Å²) in [7, 11) is 0. The monoisotopic (exact) mass is 473 g/mol. The molecule has 0 radical (unpaired) electrons. The summed E-state index contributed by atoms with van der Waals surface area (Å²) in [5.41, 5.74) is 5.06. The van der Waals surface area contributed by atoms with Crippen molar-refractivity contribution in [3.05, 3.63) is 89.5 Å². The second-order valence-electron chi connectivity index (χ2n) is 8.49. The van der Waals surface area contributed by atoms with Crippen LogP contribution in [-0.4, -0.2) is 31.3 Å². The molecule has 3 aromatic rings. The lowest BCUT2D eigenvalue weighted by molar-refractivity contribution is -0.120. The van der Waals surface area contributed by atoms with Crippen molar-refractivity contribution in [3.8, 4) is 0 Å². The normalized spacial score (nSPS) is 13.0. The van der Waals surface area contributed by atoms with E-state index in [0.29, 0.717) is 19.5 Å². The molecule has 176 valence electrons. The Morgan fingerprint density at radius 3 is 2.41 bits per heavy atom. The molecule has 4 rings (SSSR count). The number of carbonyl (C=O) groups is 2. The Balaban J connectivity index is 1.26. The van der Waals surface area contributed by atoms with Gasteiger partial charge in [-0.05, 0) is 79.0 Å². The van der Waals surface area contributed by atoms with Gasteiger partial charge in [0.1, 0.15) is 0 Å². The number of aryl methyl sites for hydroxylation is 1. The van der Waals surface area contributed by atoms with E-state index in [2.05, 4.69) is 47.2 Å². The smallest absolute Gasteiger partial charge is 0.326 e. The summed E-state index contributed by atoms with van der Waals surface area (Å²) < 4.78 is 0. The van der Waals surface area contributed by atoms with Crippen molar-refractivity contribution < 1.29 is 9.59 Å². The Labute approximate surface area is 205 Å². The fraction of sp³-hybridized carbons (Fsp3) is 0.286. The highest BCUT2D eigenvalue weighted by atomic mass is 32.2. The van der Waals surface area contributed by atoms with Crippen molar-refractivity contribution >= 4 is 35.1 Å². The summed E-state index contributed by atoms with van der Waals surface area (Å²) >= 11 is 1.72. The van der Waals surface area contributed by atoms with E-state index >= 15 is 0 Å². The van der Waals surface area contributed by atoms with Crippen LogP contribution in [0.5, 0.6) is 0 Å². The van der Waals surface area contributed by atoms with Gasteiger partial charge in [-0.15, -0.1) is 11.8 Å². The fourth-order valence-electron chi connectivity index (χ4n) is 4.19. The predicted molar refractivity (Wildman–Crippen MR) is 141 cm³/mol. The number of amides is 3. The molecular weight excluding hydrogens is 442 g/mol. The van der Waals surface area contributed by atoms with Gasteiger partial charge in [0.15, 0.2) is 0 Å². The number of thioether (sulfide) groups is 1. The average molecular weight is 474 g/mol. The first-order chi connectivity index (χ1) is 16.6. The summed E-state index contributed by atoms with van der Waals surface area (Å²) in [6.07, 6.45) is 6.26. The van der Waals surface area contributed by atoms with Crippen LogP contribution in [0.25, 0.3) is 0 Å². The highest BCUT2D eigenvalue weighted by molar-refractivity contribution is 7.98. The third-order valence-corrected chi connectivity index (χ3v) is 6.81. The molecule has 0 unspecified atom stereocenters. The van der Waals surface area contributed by atoms with Crippen molar-refractivity contribution in [2.75, 3.05) is 29.6 Å². The predicted octanol–water partition coefficient (Wildman–Crippen LogP) is 5.68. The van der Waals surface area contributed by atoms with Gasteiger partial charge in [-0.1, -0.05) is 42.5 Å². The van der Waals surface area contributed by atoms with Crippen molar-refractivity contribution in [2.24, 2.45) is 0 Å². The maximum Gasteiger partial charge on any atom is 0.326 e. The molecule has 0 spiro atoms. The van der Waals surface area contributed by atoms with Gasteiger partial charge in [-0.2, -0.15) is 0 Å². The molecule has 5 nitrogen and oxygen atoms in total. The number of para-hydroxylation sites is 1. The fourth-order valence-corrected chi connectivity index (χ4v) is 4.59. The Morgan fingerprint density at radius 1 is 0.912 bits per heavy atom. The summed E-state index contributed by atoms with van der Waals surface area (Å²) in [6, 6.07) is 23.9. The summed E-state index contributed by atoms with van der Waals surface area (Å²) in [5, 5.41) is 6.00. The number of fused-ring (bicyclic) bond motifs is 1. The molecular formula is C28H31N3O2S. The van der Waals surface area contributed by atoms with Crippen molar-refractivity contribution in [1.29, 1.82) is 0 Å². The quantitative estimate of drug-likeness (QED) is 0.434. The minimum atomic E-state index is -0.120. The SMILES string of the molecule is CSc1ccc(CCNC(=O)Cc2ccc(NC(=O)N3CCCCc4ccccc43)cc2)cc1. The van der Waals surface area contributed by atoms with E-state index < -0.39 is 0 Å². The number of hydrogen-bond donors (Lipinski definition) is 2. The number of urea groups is 1. The number of rotatable bonds is 7. The van der Waals surface area contributed by atoms with Crippen LogP contribution in [0.1, 0.15) is 29.5 Å². The zero-order valence-electron chi connectivity index (χ0n) is 19.5. The summed E-state index contributed by atoms with van der Waals surface area (Å²) in [5.74, 6) is -0.00121. The van der Waals surface area contributed by atoms with Crippen molar-refractivity contribution in [1.82, 2.24) is 5.32 Å². The van der Waals surface area contributed by atoms with Gasteiger partial charge in [-0.3, -0.25) is 9.69 Å². The number of nitrogens with zero attached hydrogens (tertiary/aromatic N) is 1. The Hall–Kier alpha value is -3.25. The van der Waals surface area contributed by atoms with Crippen molar-refractivity contribution in [2.45, 2.75) is 37.0 Å². The minimum Gasteiger partial charge on any atom is -0.355 e. The van der Waals surface area contributed by atoms with Crippen LogP contribution in [0, 0.1) is 0 Å². The first-order valence-corrected chi connectivity index (χ1v) is 13.0. The van der Waals surface area contributed by atoms with Gasteiger partial charge in [-0.25, -0.2) is 4.79 Å². The van der Waals surface area contributed by atoms with E-state index in [4.69, 9.17) is 0 Å². The van der Waals surface area contributed by atoms with E-state index in [1.54, 1.807) is 11.8 Å². The summed E-state index contributed by atoms with van der Waals surface area (Å²) in [4.78, 5) is 28.4. The van der Waals surface area contributed by atoms with E-state index in [1.165, 1.54) is 16.0 Å². The molecule has 0 saturated carbocycles. The van der Waals surface area contributed by atoms with Crippen LogP contribution in [0.4, 0.5) is 16.2 Å². The standard InChI is InChI=1S/C28H31N3O2S/c1-34-25-15-11-21(12-16-25)17-18-29-27(32)20-22-9-13-24(14-10-22)30-28(33)31-19-5-4-7-23-6-2-3-8-26(23)31/h2-3,6,8-16H,4-5,7,17-20H2,1H3,(H,29,32)(H,30,33). The Morgan fingerprint density at radius 2 is 1.65 bits per heavy atom. The molecule has 1 aliphatic rings. The molecule has 0 aromatic heterocycles. The zero-order valence-corrected chi connectivity index (χ0v) is 20.4. The van der Waals surface area contributed by atoms with Gasteiger partial charge in [0.25, 0.3) is 0 Å². The Bertz CT molecular complexity index is 1110. The molecule has 3 aromatic carbocycles. The third kappa shape index (κ3) is 6.41. The van der Waals surface area contributed by atoms with Crippen molar-refractivity contribution in [3.63, 3.8) is 0 Å². The molecule has 0 saturated heterocycles. The van der Waals surface area contributed by atoms with Crippen LogP contribution >= 0.6 is 11.8 Å². The van der Waals surface area contributed by atoms with Gasteiger partial charge in [0.05, 0.1) is 6.42 Å². The molecule has 1 heterocycles. The van der Waals surface area contributed by atoms with Crippen LogP contribution in [0.3, 0.4) is 0 Å². The second kappa shape index (κ2) is 11.7. The maximum absolute atomic E-state index is 13.0. The molecule has 2 N–H and O–H groups in total. The zero-order chi connectivity index (χ0) is 23.8. The van der Waals surface area contributed by atoms with Crippen LogP contribution in [0.15, 0.2) is 77.7 Å². The van der Waals surface area contributed by atoms with E-state index in [1.807, 2.05) is 47.4 Å². The van der Waals surface area contributed by atoms with Gasteiger partial charge in [0, 0.05) is 29.4 Å². The molecule has 3 amide bonds. The number of benzene rings is 3. The molecule has 1 aliphatic heterocycles. The van der Waals surface area contributed by atoms with E-state index in [0.717, 1.165) is 42.6 Å². The van der Waals surface area contributed by atoms with Crippen LogP contribution < -0.4 is 15.5 Å². The molecule has 0 bridgehead atoms. The second-order valence-corrected chi connectivity index (χ2v) is 9.37. The first-order valence-electron chi connectivity index (χ1n) is 11.8. The third-order valence-electron chi connectivity index (χ3n) is 6.07. The lowest BCUT2D eigenvalue weighted by Gasteiger charge is -2.23. The lowest BCUT2D eigenvalue weighted by Crippen LogP contribution is -2.35.